The molecule has 5 aromatic rings. The second kappa shape index (κ2) is 10.1. The van der Waals surface area contributed by atoms with Gasteiger partial charge >= 0.3 is 0 Å². The summed E-state index contributed by atoms with van der Waals surface area (Å²) in [6.45, 7) is 0.416. The number of hydrazine groups is 1. The van der Waals surface area contributed by atoms with Crippen LogP contribution in [0.15, 0.2) is 96.3 Å². The van der Waals surface area contributed by atoms with Gasteiger partial charge in [-0.15, -0.1) is 0 Å². The molecule has 0 aliphatic carbocycles. The number of nitriles is 1. The minimum absolute atomic E-state index is 0.106. The van der Waals surface area contributed by atoms with Crippen LogP contribution in [0.25, 0.3) is 21.5 Å². The van der Waals surface area contributed by atoms with E-state index >= 15 is 0 Å². The van der Waals surface area contributed by atoms with Crippen LogP contribution in [0.5, 0.6) is 5.75 Å². The molecule has 0 fully saturated rings. The first-order chi connectivity index (χ1) is 19.1. The van der Waals surface area contributed by atoms with E-state index in [2.05, 4.69) is 56.6 Å². The van der Waals surface area contributed by atoms with Crippen molar-refractivity contribution in [3.63, 3.8) is 0 Å². The van der Waals surface area contributed by atoms with Crippen LogP contribution in [0.1, 0.15) is 17.4 Å². The Kier molecular flexibility index (Phi) is 6.19. The van der Waals surface area contributed by atoms with Crippen molar-refractivity contribution in [1.82, 2.24) is 14.7 Å². The summed E-state index contributed by atoms with van der Waals surface area (Å²) < 4.78 is 1.62. The van der Waals surface area contributed by atoms with Gasteiger partial charge in [-0.3, -0.25) is 10.9 Å². The van der Waals surface area contributed by atoms with Crippen LogP contribution in [0.2, 0.25) is 0 Å². The highest BCUT2D eigenvalue weighted by Gasteiger charge is 2.22. The van der Waals surface area contributed by atoms with E-state index in [4.69, 9.17) is 0 Å². The van der Waals surface area contributed by atoms with Gasteiger partial charge in [0.15, 0.2) is 5.82 Å². The fourth-order valence-corrected chi connectivity index (χ4v) is 4.74. The van der Waals surface area contributed by atoms with E-state index in [0.717, 1.165) is 27.4 Å². The fourth-order valence-electron chi connectivity index (χ4n) is 4.74. The number of allylic oxidation sites excluding steroid dienone is 1. The minimum atomic E-state index is -0.454. The first-order valence-electron chi connectivity index (χ1n) is 12.5. The Morgan fingerprint density at radius 2 is 1.77 bits per heavy atom. The van der Waals surface area contributed by atoms with Gasteiger partial charge in [0, 0.05) is 42.6 Å². The first kappa shape index (κ1) is 23.9. The van der Waals surface area contributed by atoms with Crippen LogP contribution in [0.3, 0.4) is 0 Å². The summed E-state index contributed by atoms with van der Waals surface area (Å²) in [5, 5.41) is 33.0. The van der Waals surface area contributed by atoms with Crippen molar-refractivity contribution in [3.8, 4) is 11.8 Å². The number of rotatable bonds is 7. The van der Waals surface area contributed by atoms with Crippen molar-refractivity contribution in [3.05, 3.63) is 102 Å². The number of fused-ring (bicyclic) bond motifs is 2. The van der Waals surface area contributed by atoms with Crippen LogP contribution in [0.4, 0.5) is 17.2 Å². The number of anilines is 3. The predicted octanol–water partition coefficient (Wildman–Crippen LogP) is 5.80. The quantitative estimate of drug-likeness (QED) is 0.160. The number of aromatic hydroxyl groups is 1. The Morgan fingerprint density at radius 3 is 2.59 bits per heavy atom. The molecule has 1 unspecified atom stereocenters. The predicted molar refractivity (Wildman–Crippen MR) is 156 cm³/mol. The molecule has 9 nitrogen and oxygen atoms in total. The third-order valence-corrected chi connectivity index (χ3v) is 6.76. The number of phenols is 1. The Hall–Kier alpha value is -5.49. The van der Waals surface area contributed by atoms with E-state index < -0.39 is 6.29 Å². The van der Waals surface area contributed by atoms with Crippen molar-refractivity contribution < 1.29 is 5.11 Å². The summed E-state index contributed by atoms with van der Waals surface area (Å²) in [5.41, 5.74) is 8.82. The molecule has 0 spiro atoms. The van der Waals surface area contributed by atoms with Crippen molar-refractivity contribution in [2.45, 2.75) is 12.8 Å². The van der Waals surface area contributed by atoms with Gasteiger partial charge in [0.05, 0.1) is 6.20 Å². The SMILES string of the molecule is CN1C=CC=NC1n1ncc(C#N)c1NNc1c(O)c(CNc2ccc3ccccc3c2)cc2ccccc12. The standard InChI is InChI=1S/C30H26N8O/c1-37-14-6-13-32-30(37)38-29(24(17-31)19-34-38)36-35-27-26-10-5-4-9-22(26)15-23(28(27)39)18-33-25-12-11-20-7-2-3-8-21(20)16-25/h2-16,19,30,33,35-36,39H,18H2,1H3. The van der Waals surface area contributed by atoms with Gasteiger partial charge in [0.1, 0.15) is 23.1 Å². The lowest BCUT2D eigenvalue weighted by atomic mass is 10.0. The molecule has 0 saturated carbocycles. The Bertz CT molecular complexity index is 1780. The largest absolute Gasteiger partial charge is 0.505 e. The average molecular weight is 515 g/mol. The Balaban J connectivity index is 1.31. The van der Waals surface area contributed by atoms with Crippen LogP contribution >= 0.6 is 0 Å². The third kappa shape index (κ3) is 4.55. The summed E-state index contributed by atoms with van der Waals surface area (Å²) in [4.78, 5) is 6.36. The zero-order valence-electron chi connectivity index (χ0n) is 21.2. The number of hydrogen-bond acceptors (Lipinski definition) is 8. The molecule has 0 radical (unpaired) electrons. The van der Waals surface area contributed by atoms with Gasteiger partial charge < -0.3 is 15.3 Å². The molecule has 1 aliphatic heterocycles. The number of aliphatic imine (C=N–C) groups is 1. The van der Waals surface area contributed by atoms with Crippen molar-refractivity contribution >= 4 is 45.0 Å². The van der Waals surface area contributed by atoms with Crippen LogP contribution < -0.4 is 16.2 Å². The highest BCUT2D eigenvalue weighted by molar-refractivity contribution is 5.98. The summed E-state index contributed by atoms with van der Waals surface area (Å²) in [6, 6.07) is 26.4. The summed E-state index contributed by atoms with van der Waals surface area (Å²) in [7, 11) is 1.88. The first-order valence-corrected chi connectivity index (χ1v) is 12.5. The van der Waals surface area contributed by atoms with Crippen molar-refractivity contribution in [2.24, 2.45) is 4.99 Å². The van der Waals surface area contributed by atoms with Gasteiger partial charge in [-0.25, -0.2) is 9.67 Å². The molecule has 1 atom stereocenters. The molecule has 6 rings (SSSR count). The average Bonchev–Trinajstić information content (AvgIpc) is 3.38. The topological polar surface area (TPSA) is 114 Å². The van der Waals surface area contributed by atoms with E-state index in [9.17, 15) is 10.4 Å². The number of aromatic nitrogens is 2. The molecular weight excluding hydrogens is 488 g/mol. The Labute approximate surface area is 225 Å². The van der Waals surface area contributed by atoms with Crippen molar-refractivity contribution in [1.29, 1.82) is 5.26 Å². The molecule has 4 N–H and O–H groups in total. The third-order valence-electron chi connectivity index (χ3n) is 6.76. The number of nitrogens with zero attached hydrogens (tertiary/aromatic N) is 5. The van der Waals surface area contributed by atoms with Crippen LogP contribution in [0, 0.1) is 11.3 Å². The maximum Gasteiger partial charge on any atom is 0.219 e. The molecule has 0 bridgehead atoms. The van der Waals surface area contributed by atoms with Gasteiger partial charge in [0.25, 0.3) is 0 Å². The number of hydrogen-bond donors (Lipinski definition) is 4. The summed E-state index contributed by atoms with van der Waals surface area (Å²) >= 11 is 0. The zero-order chi connectivity index (χ0) is 26.8. The highest BCUT2D eigenvalue weighted by atomic mass is 16.3. The molecule has 0 saturated heterocycles. The molecule has 39 heavy (non-hydrogen) atoms. The molecule has 1 aliphatic rings. The smallest absolute Gasteiger partial charge is 0.219 e. The lowest BCUT2D eigenvalue weighted by molar-refractivity contribution is 0.237. The second-order valence-electron chi connectivity index (χ2n) is 9.26. The molecule has 2 heterocycles. The molecule has 9 heteroatoms. The van der Waals surface area contributed by atoms with Crippen molar-refractivity contribution in [2.75, 3.05) is 23.2 Å². The lowest BCUT2D eigenvalue weighted by Gasteiger charge is -2.27. The maximum atomic E-state index is 11.4. The monoisotopic (exact) mass is 514 g/mol. The highest BCUT2D eigenvalue weighted by Crippen LogP contribution is 2.37. The molecule has 1 aromatic heterocycles. The van der Waals surface area contributed by atoms with E-state index in [1.807, 2.05) is 72.8 Å². The normalized spacial score (nSPS) is 14.5. The minimum Gasteiger partial charge on any atom is -0.505 e. The van der Waals surface area contributed by atoms with Gasteiger partial charge in [-0.2, -0.15) is 10.4 Å². The number of benzene rings is 4. The molecule has 0 amide bonds. The maximum absolute atomic E-state index is 11.4. The summed E-state index contributed by atoms with van der Waals surface area (Å²) in [6.07, 6.45) is 6.45. The van der Waals surface area contributed by atoms with E-state index in [1.165, 1.54) is 11.6 Å². The molecule has 4 aromatic carbocycles. The lowest BCUT2D eigenvalue weighted by Crippen LogP contribution is -2.28. The number of phenolic OH excluding ortho intramolecular Hbond substituents is 1. The molecular formula is C30H26N8O. The van der Waals surface area contributed by atoms with Gasteiger partial charge in [0.2, 0.25) is 6.29 Å². The van der Waals surface area contributed by atoms with E-state index in [-0.39, 0.29) is 5.75 Å². The van der Waals surface area contributed by atoms with E-state index in [1.54, 1.807) is 10.9 Å². The van der Waals surface area contributed by atoms with Gasteiger partial charge in [-0.05, 0) is 40.4 Å². The fraction of sp³-hybridized carbons (Fsp3) is 0.100. The van der Waals surface area contributed by atoms with Gasteiger partial charge in [-0.1, -0.05) is 54.6 Å². The Morgan fingerprint density at radius 1 is 0.974 bits per heavy atom. The van der Waals surface area contributed by atoms with E-state index in [0.29, 0.717) is 23.6 Å². The number of nitrogens with one attached hydrogen (secondary N) is 3. The second-order valence-corrected chi connectivity index (χ2v) is 9.26. The van der Waals surface area contributed by atoms with Crippen LogP contribution in [-0.2, 0) is 6.54 Å². The van der Waals surface area contributed by atoms with Crippen LogP contribution in [-0.4, -0.2) is 33.0 Å². The zero-order valence-corrected chi connectivity index (χ0v) is 21.2. The summed E-state index contributed by atoms with van der Waals surface area (Å²) in [5.74, 6) is 0.541. The molecule has 192 valence electrons.